The number of sulfonamides is 1. The Morgan fingerprint density at radius 1 is 1.15 bits per heavy atom. The van der Waals surface area contributed by atoms with Gasteiger partial charge in [0.2, 0.25) is 0 Å². The summed E-state index contributed by atoms with van der Waals surface area (Å²) in [4.78, 5) is 22.2. The Hall–Kier alpha value is -3.52. The van der Waals surface area contributed by atoms with Crippen molar-refractivity contribution in [2.75, 3.05) is 38.1 Å². The summed E-state index contributed by atoms with van der Waals surface area (Å²) in [6, 6.07) is 8.13. The molecule has 1 aliphatic heterocycles. The predicted molar refractivity (Wildman–Crippen MR) is 174 cm³/mol. The van der Waals surface area contributed by atoms with Gasteiger partial charge < -0.3 is 24.0 Å². The number of amides is 1. The fourth-order valence-electron chi connectivity index (χ4n) is 5.68. The molecule has 0 fully saturated rings. The first-order valence-corrected chi connectivity index (χ1v) is 17.2. The molecule has 4 atom stereocenters. The number of aliphatic hydroxyl groups excluding tert-OH is 1. The first-order valence-electron chi connectivity index (χ1n) is 15.8. The number of aromatic nitrogens is 2. The van der Waals surface area contributed by atoms with Gasteiger partial charge >= 0.3 is 0 Å². The molecule has 2 N–H and O–H groups in total. The largest absolute Gasteiger partial charge is 0.490 e. The van der Waals surface area contributed by atoms with Crippen molar-refractivity contribution in [3.63, 3.8) is 0 Å². The Kier molecular flexibility index (Phi) is 12.2. The molecule has 0 aliphatic carbocycles. The standard InChI is InChI=1S/C33H47N5O7S/c1-22-18-38(23(2)21-39)33(40)29-17-28(36-46(41,42)32-25(4)35-45-26(32)5)10-11-30(29)44-24(3)9-7-8-16-43-31(22)20-37(6)19-27-12-14-34-15-13-27/h10-15,17,22-24,31,36,39H,7-9,16,18-21H2,1-6H3/t22-,23-,24+,31+/m1/s1. The van der Waals surface area contributed by atoms with E-state index in [1.165, 1.54) is 13.0 Å². The van der Waals surface area contributed by atoms with Gasteiger partial charge in [0.1, 0.15) is 11.4 Å². The normalized spacial score (nSPS) is 20.9. The van der Waals surface area contributed by atoms with Crippen LogP contribution in [0.2, 0.25) is 0 Å². The molecule has 1 aromatic carbocycles. The van der Waals surface area contributed by atoms with Crippen LogP contribution in [0.1, 0.15) is 67.4 Å². The minimum absolute atomic E-state index is 0.0481. The van der Waals surface area contributed by atoms with Crippen molar-refractivity contribution in [3.8, 4) is 5.75 Å². The van der Waals surface area contributed by atoms with Crippen LogP contribution in [0.4, 0.5) is 5.69 Å². The molecular formula is C33H47N5O7S. The van der Waals surface area contributed by atoms with E-state index in [0.717, 1.165) is 31.4 Å². The summed E-state index contributed by atoms with van der Waals surface area (Å²) in [6.07, 6.45) is 5.65. The molecule has 0 unspecified atom stereocenters. The molecule has 2 aromatic heterocycles. The first kappa shape index (κ1) is 35.3. The summed E-state index contributed by atoms with van der Waals surface area (Å²) >= 11 is 0. The minimum Gasteiger partial charge on any atom is -0.490 e. The summed E-state index contributed by atoms with van der Waals surface area (Å²) in [5.74, 6) is 0.0411. The molecule has 0 saturated heterocycles. The summed E-state index contributed by atoms with van der Waals surface area (Å²) < 4.78 is 46.9. The zero-order chi connectivity index (χ0) is 33.4. The lowest BCUT2D eigenvalue weighted by Gasteiger charge is -2.36. The summed E-state index contributed by atoms with van der Waals surface area (Å²) in [5, 5.41) is 14.0. The minimum atomic E-state index is -4.06. The van der Waals surface area contributed by atoms with Gasteiger partial charge in [-0.3, -0.25) is 19.4 Å². The second-order valence-corrected chi connectivity index (χ2v) is 13.9. The van der Waals surface area contributed by atoms with Crippen LogP contribution >= 0.6 is 0 Å². The molecule has 0 saturated carbocycles. The Morgan fingerprint density at radius 3 is 2.57 bits per heavy atom. The topological polar surface area (TPSA) is 147 Å². The molecular weight excluding hydrogens is 610 g/mol. The molecule has 0 spiro atoms. The quantitative estimate of drug-likeness (QED) is 0.339. The molecule has 13 heteroatoms. The number of anilines is 1. The molecule has 1 amide bonds. The zero-order valence-electron chi connectivity index (χ0n) is 27.6. The van der Waals surface area contributed by atoms with E-state index < -0.39 is 16.1 Å². The van der Waals surface area contributed by atoms with Crippen molar-refractivity contribution < 1.29 is 32.3 Å². The number of carbonyl (C=O) groups is 1. The highest BCUT2D eigenvalue weighted by molar-refractivity contribution is 7.92. The van der Waals surface area contributed by atoms with Gasteiger partial charge in [-0.05, 0) is 89.9 Å². The second kappa shape index (κ2) is 15.9. The number of nitrogens with zero attached hydrogens (tertiary/aromatic N) is 4. The smallest absolute Gasteiger partial charge is 0.267 e. The molecule has 3 heterocycles. The first-order chi connectivity index (χ1) is 21.9. The van der Waals surface area contributed by atoms with Crippen LogP contribution in [0.15, 0.2) is 52.1 Å². The number of hydrogen-bond donors (Lipinski definition) is 2. The lowest BCUT2D eigenvalue weighted by molar-refractivity contribution is -0.0177. The predicted octanol–water partition coefficient (Wildman–Crippen LogP) is 4.41. The van der Waals surface area contributed by atoms with E-state index >= 15 is 0 Å². The number of ether oxygens (including phenoxy) is 2. The lowest BCUT2D eigenvalue weighted by atomic mass is 10.0. The van der Waals surface area contributed by atoms with E-state index in [0.29, 0.717) is 25.4 Å². The maximum atomic E-state index is 14.4. The number of rotatable bonds is 9. The fraction of sp³-hybridized carbons (Fsp3) is 0.545. The summed E-state index contributed by atoms with van der Waals surface area (Å²) in [5.41, 5.74) is 1.76. The molecule has 3 aromatic rings. The van der Waals surface area contributed by atoms with Crippen molar-refractivity contribution in [3.05, 3.63) is 65.3 Å². The molecule has 1 aliphatic rings. The Morgan fingerprint density at radius 2 is 1.89 bits per heavy atom. The lowest BCUT2D eigenvalue weighted by Crippen LogP contribution is -2.47. The highest BCUT2D eigenvalue weighted by atomic mass is 32.2. The average Bonchev–Trinajstić information content (AvgIpc) is 3.37. The van der Waals surface area contributed by atoms with Crippen molar-refractivity contribution in [1.82, 2.24) is 19.9 Å². The highest BCUT2D eigenvalue weighted by Crippen LogP contribution is 2.30. The van der Waals surface area contributed by atoms with E-state index in [1.807, 2.05) is 26.1 Å². The molecule has 46 heavy (non-hydrogen) atoms. The second-order valence-electron chi connectivity index (χ2n) is 12.3. The van der Waals surface area contributed by atoms with Crippen LogP contribution in [0.5, 0.6) is 5.75 Å². The van der Waals surface area contributed by atoms with E-state index in [-0.39, 0.29) is 58.2 Å². The number of carbonyl (C=O) groups excluding carboxylic acids is 1. The van der Waals surface area contributed by atoms with Gasteiger partial charge in [-0.2, -0.15) is 0 Å². The number of aliphatic hydroxyl groups is 1. The van der Waals surface area contributed by atoms with Gasteiger partial charge in [-0.1, -0.05) is 12.1 Å². The third kappa shape index (κ3) is 9.05. The van der Waals surface area contributed by atoms with Crippen LogP contribution < -0.4 is 9.46 Å². The van der Waals surface area contributed by atoms with Gasteiger partial charge in [0.25, 0.3) is 15.9 Å². The maximum Gasteiger partial charge on any atom is 0.267 e. The van der Waals surface area contributed by atoms with E-state index in [1.54, 1.807) is 43.3 Å². The van der Waals surface area contributed by atoms with Crippen molar-refractivity contribution in [1.29, 1.82) is 0 Å². The molecule has 4 rings (SSSR count). The van der Waals surface area contributed by atoms with Gasteiger partial charge in [0.05, 0.1) is 30.4 Å². The number of nitrogens with one attached hydrogen (secondary N) is 1. The van der Waals surface area contributed by atoms with Crippen LogP contribution in [0.3, 0.4) is 0 Å². The highest BCUT2D eigenvalue weighted by Gasteiger charge is 2.31. The molecule has 0 radical (unpaired) electrons. The van der Waals surface area contributed by atoms with Gasteiger partial charge in [-0.25, -0.2) is 8.42 Å². The third-order valence-electron chi connectivity index (χ3n) is 8.23. The summed E-state index contributed by atoms with van der Waals surface area (Å²) in [6.45, 7) is 10.9. The van der Waals surface area contributed by atoms with Crippen LogP contribution in [-0.2, 0) is 21.3 Å². The molecule has 252 valence electrons. The number of hydrogen-bond acceptors (Lipinski definition) is 10. The van der Waals surface area contributed by atoms with Crippen molar-refractivity contribution >= 4 is 21.6 Å². The number of fused-ring (bicyclic) bond motifs is 1. The Bertz CT molecular complexity index is 1530. The number of benzene rings is 1. The van der Waals surface area contributed by atoms with Gasteiger partial charge in [0.15, 0.2) is 10.7 Å². The number of likely N-dealkylation sites (N-methyl/N-ethyl adjacent to an activating group) is 1. The third-order valence-corrected chi connectivity index (χ3v) is 9.86. The van der Waals surface area contributed by atoms with Gasteiger partial charge in [-0.15, -0.1) is 0 Å². The van der Waals surface area contributed by atoms with E-state index in [2.05, 4.69) is 26.7 Å². The van der Waals surface area contributed by atoms with Crippen LogP contribution in [0.25, 0.3) is 0 Å². The van der Waals surface area contributed by atoms with Gasteiger partial charge in [0, 0.05) is 50.2 Å². The number of aryl methyl sites for hydroxylation is 2. The maximum absolute atomic E-state index is 14.4. The SMILES string of the molecule is Cc1noc(C)c1S(=O)(=O)Nc1ccc2c(c1)C(=O)N([C@H](C)CO)C[C@@H](C)[C@H](CN(C)Cc1ccncc1)OCCCC[C@H](C)O2. The monoisotopic (exact) mass is 657 g/mol. The summed E-state index contributed by atoms with van der Waals surface area (Å²) in [7, 11) is -2.01. The van der Waals surface area contributed by atoms with Crippen molar-refractivity contribution in [2.24, 2.45) is 5.92 Å². The van der Waals surface area contributed by atoms with E-state index in [9.17, 15) is 18.3 Å². The van der Waals surface area contributed by atoms with Crippen molar-refractivity contribution in [2.45, 2.75) is 83.6 Å². The Balaban J connectivity index is 1.66. The number of pyridine rings is 1. The van der Waals surface area contributed by atoms with Crippen LogP contribution in [-0.4, -0.2) is 91.0 Å². The average molecular weight is 658 g/mol. The van der Waals surface area contributed by atoms with E-state index in [4.69, 9.17) is 14.0 Å². The Labute approximate surface area is 272 Å². The van der Waals surface area contributed by atoms with Crippen LogP contribution in [0, 0.1) is 19.8 Å². The molecule has 12 nitrogen and oxygen atoms in total. The molecule has 0 bridgehead atoms. The fourth-order valence-corrected chi connectivity index (χ4v) is 7.07. The zero-order valence-corrected chi connectivity index (χ0v) is 28.4.